The Hall–Kier alpha value is -1.82. The summed E-state index contributed by atoms with van der Waals surface area (Å²) in [6.45, 7) is 10.4. The predicted molar refractivity (Wildman–Crippen MR) is 101 cm³/mol. The highest BCUT2D eigenvalue weighted by molar-refractivity contribution is 7.99. The summed E-state index contributed by atoms with van der Waals surface area (Å²) in [5.41, 5.74) is 3.39. The number of benzene rings is 1. The monoisotopic (exact) mass is 344 g/mol. The maximum Gasteiger partial charge on any atom is 0.421 e. The highest BCUT2D eigenvalue weighted by Crippen LogP contribution is 2.24. The highest BCUT2D eigenvalue weighted by atomic mass is 32.2. The van der Waals surface area contributed by atoms with Crippen LogP contribution in [-0.4, -0.2) is 29.2 Å². The third kappa shape index (κ3) is 3.64. The predicted octanol–water partition coefficient (Wildman–Crippen LogP) is 4.09. The van der Waals surface area contributed by atoms with Gasteiger partial charge in [-0.1, -0.05) is 5.11 Å². The smallest absolute Gasteiger partial charge is 0.370 e. The Morgan fingerprint density at radius 3 is 2.42 bits per heavy atom. The molecule has 1 fully saturated rings. The van der Waals surface area contributed by atoms with Crippen molar-refractivity contribution >= 4 is 29.1 Å². The number of thioether (sulfide) groups is 1. The van der Waals surface area contributed by atoms with Crippen molar-refractivity contribution < 1.29 is 4.57 Å². The van der Waals surface area contributed by atoms with Crippen molar-refractivity contribution in [3.05, 3.63) is 36.2 Å². The molecular weight excluding hydrogens is 318 g/mol. The second-order valence-corrected chi connectivity index (χ2v) is 7.14. The fraction of sp³-hybridized carbons (Fsp3) is 0.500. The summed E-state index contributed by atoms with van der Waals surface area (Å²) in [6.07, 6.45) is 2.13. The lowest BCUT2D eigenvalue weighted by Gasteiger charge is -2.28. The molecular formula is C18H26N5S+. The molecule has 0 saturated carbocycles. The molecule has 5 nitrogen and oxygen atoms in total. The first kappa shape index (κ1) is 17.0. The van der Waals surface area contributed by atoms with Gasteiger partial charge in [0, 0.05) is 35.4 Å². The molecule has 1 aliphatic rings. The first-order valence-corrected chi connectivity index (χ1v) is 9.82. The summed E-state index contributed by atoms with van der Waals surface area (Å²) in [5, 5.41) is 8.97. The van der Waals surface area contributed by atoms with E-state index in [-0.39, 0.29) is 0 Å². The van der Waals surface area contributed by atoms with Gasteiger partial charge in [0.1, 0.15) is 11.4 Å². The number of anilines is 1. The maximum absolute atomic E-state index is 4.52. The van der Waals surface area contributed by atoms with Crippen LogP contribution in [0.3, 0.4) is 0 Å². The minimum atomic E-state index is 0.897. The molecule has 0 spiro atoms. The molecule has 6 heteroatoms. The van der Waals surface area contributed by atoms with Crippen LogP contribution >= 0.6 is 11.8 Å². The van der Waals surface area contributed by atoms with Crippen LogP contribution in [0.5, 0.6) is 0 Å². The fourth-order valence-electron chi connectivity index (χ4n) is 3.05. The van der Waals surface area contributed by atoms with Crippen molar-refractivity contribution in [3.63, 3.8) is 0 Å². The third-order valence-corrected chi connectivity index (χ3v) is 5.35. The summed E-state index contributed by atoms with van der Waals surface area (Å²) in [6, 6.07) is 8.43. The van der Waals surface area contributed by atoms with Crippen LogP contribution in [0.2, 0.25) is 0 Å². The lowest BCUT2D eigenvalue weighted by Crippen LogP contribution is -2.32. The number of rotatable bonds is 5. The van der Waals surface area contributed by atoms with Crippen molar-refractivity contribution in [2.75, 3.05) is 29.5 Å². The first-order valence-electron chi connectivity index (χ1n) is 8.67. The number of aryl methyl sites for hydroxylation is 2. The number of nitrogens with zero attached hydrogens (tertiary/aromatic N) is 5. The van der Waals surface area contributed by atoms with Crippen molar-refractivity contribution in [3.8, 4) is 0 Å². The molecule has 3 rings (SSSR count). The van der Waals surface area contributed by atoms with Gasteiger partial charge < -0.3 is 4.90 Å². The number of imidazole rings is 1. The summed E-state index contributed by atoms with van der Waals surface area (Å²) < 4.78 is 4.33. The average molecular weight is 345 g/mol. The van der Waals surface area contributed by atoms with E-state index in [0.29, 0.717) is 0 Å². The molecule has 1 aromatic heterocycles. The van der Waals surface area contributed by atoms with Gasteiger partial charge >= 0.3 is 5.95 Å². The van der Waals surface area contributed by atoms with Crippen molar-refractivity contribution in [1.82, 2.24) is 4.57 Å². The number of azo groups is 1. The van der Waals surface area contributed by atoms with Crippen LogP contribution in [0.25, 0.3) is 0 Å². The largest absolute Gasteiger partial charge is 0.421 e. The Labute approximate surface area is 148 Å². The van der Waals surface area contributed by atoms with Crippen molar-refractivity contribution in [2.24, 2.45) is 10.2 Å². The molecule has 0 N–H and O–H groups in total. The minimum Gasteiger partial charge on any atom is -0.370 e. The van der Waals surface area contributed by atoms with Gasteiger partial charge in [-0.2, -0.15) is 11.8 Å². The number of hydrogen-bond acceptors (Lipinski definition) is 4. The van der Waals surface area contributed by atoms with E-state index >= 15 is 0 Å². The topological polar surface area (TPSA) is 36.8 Å². The zero-order chi connectivity index (χ0) is 16.9. The van der Waals surface area contributed by atoms with Gasteiger partial charge in [0.05, 0.1) is 19.3 Å². The highest BCUT2D eigenvalue weighted by Gasteiger charge is 2.18. The van der Waals surface area contributed by atoms with E-state index in [2.05, 4.69) is 75.5 Å². The molecule has 2 aromatic rings. The van der Waals surface area contributed by atoms with Crippen LogP contribution in [0.15, 0.2) is 40.7 Å². The molecule has 0 aliphatic carbocycles. The van der Waals surface area contributed by atoms with E-state index in [9.17, 15) is 0 Å². The second kappa shape index (κ2) is 7.83. The molecule has 0 radical (unpaired) electrons. The van der Waals surface area contributed by atoms with Gasteiger partial charge in [0.25, 0.3) is 0 Å². The molecule has 128 valence electrons. The summed E-state index contributed by atoms with van der Waals surface area (Å²) in [5.74, 6) is 3.34. The van der Waals surface area contributed by atoms with Gasteiger partial charge in [-0.25, -0.2) is 9.13 Å². The summed E-state index contributed by atoms with van der Waals surface area (Å²) >= 11 is 2.03. The lowest BCUT2D eigenvalue weighted by atomic mass is 10.2. The van der Waals surface area contributed by atoms with Crippen LogP contribution in [0.4, 0.5) is 17.3 Å². The Bertz CT molecular complexity index is 699. The van der Waals surface area contributed by atoms with E-state index in [1.165, 1.54) is 22.9 Å². The van der Waals surface area contributed by atoms with E-state index < -0.39 is 0 Å². The van der Waals surface area contributed by atoms with E-state index in [0.717, 1.165) is 37.8 Å². The zero-order valence-electron chi connectivity index (χ0n) is 14.8. The van der Waals surface area contributed by atoms with E-state index in [1.807, 2.05) is 11.8 Å². The molecule has 1 aliphatic heterocycles. The SMILES string of the molecule is CCn1c(C)c[n+](CC)c1N=Nc1ccc(N2CCSCC2)cc1. The summed E-state index contributed by atoms with van der Waals surface area (Å²) in [7, 11) is 0. The molecule has 24 heavy (non-hydrogen) atoms. The van der Waals surface area contributed by atoms with Crippen LogP contribution in [0, 0.1) is 6.92 Å². The zero-order valence-corrected chi connectivity index (χ0v) is 15.6. The second-order valence-electron chi connectivity index (χ2n) is 5.92. The molecule has 0 unspecified atom stereocenters. The maximum atomic E-state index is 4.52. The van der Waals surface area contributed by atoms with Gasteiger partial charge in [-0.05, 0) is 45.0 Å². The molecule has 0 atom stereocenters. The molecule has 1 saturated heterocycles. The van der Waals surface area contributed by atoms with Crippen LogP contribution in [-0.2, 0) is 13.1 Å². The van der Waals surface area contributed by atoms with Gasteiger partial charge in [0.15, 0.2) is 0 Å². The van der Waals surface area contributed by atoms with Crippen molar-refractivity contribution in [1.29, 1.82) is 0 Å². The van der Waals surface area contributed by atoms with E-state index in [1.54, 1.807) is 0 Å². The normalized spacial score (nSPS) is 15.4. The molecule has 0 bridgehead atoms. The quantitative estimate of drug-likeness (QED) is 0.605. The Kier molecular flexibility index (Phi) is 5.56. The van der Waals surface area contributed by atoms with E-state index in [4.69, 9.17) is 0 Å². The fourth-order valence-corrected chi connectivity index (χ4v) is 3.96. The minimum absolute atomic E-state index is 0.897. The Morgan fingerprint density at radius 1 is 1.08 bits per heavy atom. The van der Waals surface area contributed by atoms with Crippen LogP contribution in [0.1, 0.15) is 19.5 Å². The Balaban J connectivity index is 1.77. The van der Waals surface area contributed by atoms with Gasteiger partial charge in [-0.3, -0.25) is 0 Å². The average Bonchev–Trinajstić information content (AvgIpc) is 2.95. The lowest BCUT2D eigenvalue weighted by molar-refractivity contribution is -0.680. The molecule has 0 amide bonds. The van der Waals surface area contributed by atoms with Gasteiger partial charge in [-0.15, -0.1) is 0 Å². The summed E-state index contributed by atoms with van der Waals surface area (Å²) in [4.78, 5) is 2.44. The molecule has 2 heterocycles. The van der Waals surface area contributed by atoms with Crippen LogP contribution < -0.4 is 9.47 Å². The standard InChI is InChI=1S/C18H26N5S/c1-4-21-14-15(3)23(5-2)18(21)20-19-16-6-8-17(9-7-16)22-10-12-24-13-11-22/h6-9,14H,4-5,10-13H2,1-3H3/q+1. The van der Waals surface area contributed by atoms with Gasteiger partial charge in [0.2, 0.25) is 0 Å². The molecule has 1 aromatic carbocycles. The van der Waals surface area contributed by atoms with Crippen molar-refractivity contribution in [2.45, 2.75) is 33.9 Å². The third-order valence-electron chi connectivity index (χ3n) is 4.40. The number of aromatic nitrogens is 2. The number of hydrogen-bond donors (Lipinski definition) is 0. The Morgan fingerprint density at radius 2 is 1.79 bits per heavy atom. The first-order chi connectivity index (χ1) is 11.7.